The van der Waals surface area contributed by atoms with Gasteiger partial charge >= 0.3 is 5.97 Å². The van der Waals surface area contributed by atoms with Gasteiger partial charge in [-0.25, -0.2) is 4.79 Å². The fraction of sp³-hybridized carbons (Fsp3) is 0.0500. The molecule has 6 aromatic rings. The Kier molecular flexibility index (Phi) is 8.98. The number of carboxylic acids is 1. The number of benzene rings is 3. The molecule has 3 heterocycles. The number of hydrogen-bond acceptors (Lipinski definition) is 10. The van der Waals surface area contributed by atoms with Crippen molar-refractivity contribution in [1.82, 2.24) is 0 Å². The van der Waals surface area contributed by atoms with E-state index in [4.69, 9.17) is 9.47 Å². The summed E-state index contributed by atoms with van der Waals surface area (Å²) in [5.74, 6) is 0.239. The maximum atomic E-state index is 11.5. The molecule has 0 saturated heterocycles. The van der Waals surface area contributed by atoms with Crippen molar-refractivity contribution in [2.75, 3.05) is 19.1 Å². The molecule has 1 aliphatic carbocycles. The van der Waals surface area contributed by atoms with Gasteiger partial charge in [-0.15, -0.1) is 34.0 Å². The lowest BCUT2D eigenvalue weighted by Gasteiger charge is -2.26. The molecule has 0 atom stereocenters. The SMILES string of the molecule is COc1ccc(N(c2ccc(OC)cc2)c2ccc(-c3ccc(-c4cc5c(s4)-c4sc(/C=C(/C#N)C(=O)O)cc4C5=C(C#N)C#N)s3)cc2)cc1. The zero-order chi connectivity index (χ0) is 35.6. The van der Waals surface area contributed by atoms with Gasteiger partial charge in [-0.2, -0.15) is 15.8 Å². The summed E-state index contributed by atoms with van der Waals surface area (Å²) in [7, 11) is 3.30. The summed E-state index contributed by atoms with van der Waals surface area (Å²) >= 11 is 4.55. The maximum absolute atomic E-state index is 11.5. The molecule has 11 heteroatoms. The highest BCUT2D eigenvalue weighted by Gasteiger charge is 2.32. The first-order valence-corrected chi connectivity index (χ1v) is 17.8. The monoisotopic (exact) mass is 720 g/mol. The molecule has 1 N–H and O–H groups in total. The molecule has 0 unspecified atom stereocenters. The standard InChI is InChI=1S/C40H24N4O4S3/c1-47-29-11-7-27(8-12-29)44(28-9-13-30(48-2)14-10-28)26-5-3-23(4-6-26)34-15-16-35(50-34)36-19-33-37(25(21-42)22-43)32-18-31(17-24(20-41)40(45)46)49-38(32)39(33)51-36/h3-19H,1-2H3,(H,45,46)/b24-17-. The molecule has 1 aliphatic rings. The van der Waals surface area contributed by atoms with Crippen LogP contribution in [0.25, 0.3) is 41.6 Å². The molecule has 0 amide bonds. The van der Waals surface area contributed by atoms with E-state index >= 15 is 0 Å². The lowest BCUT2D eigenvalue weighted by Crippen LogP contribution is -2.09. The Hall–Kier alpha value is -6.42. The molecule has 0 spiro atoms. The Morgan fingerprint density at radius 1 is 0.667 bits per heavy atom. The van der Waals surface area contributed by atoms with Gasteiger partial charge in [0, 0.05) is 53.3 Å². The third-order valence-electron chi connectivity index (χ3n) is 8.26. The third-order valence-corrected chi connectivity index (χ3v) is 12.0. The first kappa shape index (κ1) is 33.1. The number of aliphatic carboxylic acids is 1. The molecule has 7 rings (SSSR count). The number of carbonyl (C=O) groups is 1. The molecule has 51 heavy (non-hydrogen) atoms. The van der Waals surface area contributed by atoms with Crippen LogP contribution in [0.5, 0.6) is 11.5 Å². The smallest absolute Gasteiger partial charge is 0.346 e. The average Bonchev–Trinajstić information content (AvgIpc) is 3.96. The van der Waals surface area contributed by atoms with E-state index in [1.165, 1.54) is 17.4 Å². The zero-order valence-electron chi connectivity index (χ0n) is 27.0. The lowest BCUT2D eigenvalue weighted by molar-refractivity contribution is -0.132. The van der Waals surface area contributed by atoms with Crippen LogP contribution in [0.15, 0.2) is 108 Å². The summed E-state index contributed by atoms with van der Waals surface area (Å²) in [6, 6.07) is 37.9. The van der Waals surface area contributed by atoms with Crippen LogP contribution in [-0.4, -0.2) is 25.3 Å². The van der Waals surface area contributed by atoms with Crippen LogP contribution >= 0.6 is 34.0 Å². The van der Waals surface area contributed by atoms with E-state index in [2.05, 4.69) is 41.3 Å². The van der Waals surface area contributed by atoms with Gasteiger partial charge < -0.3 is 19.5 Å². The predicted octanol–water partition coefficient (Wildman–Crippen LogP) is 10.5. The first-order chi connectivity index (χ1) is 24.8. The number of rotatable bonds is 9. The molecular formula is C40H24N4O4S3. The normalized spacial score (nSPS) is 11.5. The van der Waals surface area contributed by atoms with Crippen LogP contribution in [0.1, 0.15) is 16.0 Å². The van der Waals surface area contributed by atoms with Gasteiger partial charge in [0.25, 0.3) is 0 Å². The fourth-order valence-corrected chi connectivity index (χ4v) is 9.37. The van der Waals surface area contributed by atoms with Crippen molar-refractivity contribution >= 4 is 68.7 Å². The Balaban J connectivity index is 1.22. The molecule has 0 saturated carbocycles. The number of hydrogen-bond donors (Lipinski definition) is 1. The summed E-state index contributed by atoms with van der Waals surface area (Å²) < 4.78 is 10.8. The van der Waals surface area contributed by atoms with Crippen LogP contribution in [-0.2, 0) is 4.79 Å². The van der Waals surface area contributed by atoms with Crippen molar-refractivity contribution in [2.24, 2.45) is 0 Å². The number of fused-ring (bicyclic) bond motifs is 3. The van der Waals surface area contributed by atoms with Gasteiger partial charge in [0.05, 0.1) is 24.0 Å². The molecule has 8 nitrogen and oxygen atoms in total. The number of nitrogens with zero attached hydrogens (tertiary/aromatic N) is 4. The van der Waals surface area contributed by atoms with Crippen molar-refractivity contribution in [1.29, 1.82) is 15.8 Å². The fourth-order valence-electron chi connectivity index (χ4n) is 5.85. The van der Waals surface area contributed by atoms with E-state index in [1.54, 1.807) is 49.0 Å². The van der Waals surface area contributed by atoms with E-state index < -0.39 is 5.97 Å². The predicted molar refractivity (Wildman–Crippen MR) is 203 cm³/mol. The average molecular weight is 721 g/mol. The van der Waals surface area contributed by atoms with Gasteiger partial charge in [0.2, 0.25) is 0 Å². The highest BCUT2D eigenvalue weighted by molar-refractivity contribution is 7.28. The number of allylic oxidation sites excluding steroid dienone is 1. The molecule has 0 aliphatic heterocycles. The van der Waals surface area contributed by atoms with E-state index in [-0.39, 0.29) is 11.1 Å². The summed E-state index contributed by atoms with van der Waals surface area (Å²) in [6.45, 7) is 0. The summed E-state index contributed by atoms with van der Waals surface area (Å²) in [5.41, 5.74) is 5.63. The van der Waals surface area contributed by atoms with E-state index in [0.29, 0.717) is 16.0 Å². The topological polar surface area (TPSA) is 130 Å². The molecule has 3 aromatic heterocycles. The van der Waals surface area contributed by atoms with Crippen molar-refractivity contribution < 1.29 is 19.4 Å². The summed E-state index contributed by atoms with van der Waals surface area (Å²) in [6.07, 6.45) is 1.32. The van der Waals surface area contributed by atoms with Crippen molar-refractivity contribution in [2.45, 2.75) is 0 Å². The van der Waals surface area contributed by atoms with Crippen LogP contribution in [0.4, 0.5) is 17.1 Å². The molecule has 3 aromatic carbocycles. The Bertz CT molecular complexity index is 2440. The second-order valence-corrected chi connectivity index (χ2v) is 14.4. The molecular weight excluding hydrogens is 697 g/mol. The van der Waals surface area contributed by atoms with E-state index in [1.807, 2.05) is 66.7 Å². The highest BCUT2D eigenvalue weighted by atomic mass is 32.1. The van der Waals surface area contributed by atoms with Gasteiger partial charge in [0.1, 0.15) is 40.9 Å². The number of anilines is 3. The second-order valence-electron chi connectivity index (χ2n) is 11.1. The molecule has 0 fully saturated rings. The van der Waals surface area contributed by atoms with E-state index in [0.717, 1.165) is 64.1 Å². The Morgan fingerprint density at radius 3 is 1.73 bits per heavy atom. The number of methoxy groups -OCH3 is 2. The Morgan fingerprint density at radius 2 is 1.20 bits per heavy atom. The molecule has 0 bridgehead atoms. The number of thiophene rings is 3. The van der Waals surface area contributed by atoms with Gasteiger partial charge in [0.15, 0.2) is 0 Å². The van der Waals surface area contributed by atoms with Crippen LogP contribution < -0.4 is 14.4 Å². The van der Waals surface area contributed by atoms with Crippen LogP contribution in [0.3, 0.4) is 0 Å². The van der Waals surface area contributed by atoms with Crippen LogP contribution in [0, 0.1) is 34.0 Å². The Labute approximate surface area is 305 Å². The quantitative estimate of drug-likeness (QED) is 0.115. The van der Waals surface area contributed by atoms with Gasteiger partial charge in [-0.05, 0) is 96.6 Å². The minimum Gasteiger partial charge on any atom is -0.497 e. The number of nitriles is 3. The largest absolute Gasteiger partial charge is 0.497 e. The van der Waals surface area contributed by atoms with Gasteiger partial charge in [-0.3, -0.25) is 0 Å². The van der Waals surface area contributed by atoms with Crippen molar-refractivity contribution in [3.05, 3.63) is 124 Å². The summed E-state index contributed by atoms with van der Waals surface area (Å²) in [4.78, 5) is 19.1. The van der Waals surface area contributed by atoms with Crippen molar-refractivity contribution in [3.63, 3.8) is 0 Å². The number of carboxylic acid groups (broad SMARTS) is 1. The first-order valence-electron chi connectivity index (χ1n) is 15.3. The van der Waals surface area contributed by atoms with Gasteiger partial charge in [-0.1, -0.05) is 12.1 Å². The van der Waals surface area contributed by atoms with Crippen molar-refractivity contribution in [3.8, 4) is 59.7 Å². The maximum Gasteiger partial charge on any atom is 0.346 e. The van der Waals surface area contributed by atoms with E-state index in [9.17, 15) is 25.7 Å². The highest BCUT2D eigenvalue weighted by Crippen LogP contribution is 2.56. The molecule has 246 valence electrons. The zero-order valence-corrected chi connectivity index (χ0v) is 29.5. The minimum atomic E-state index is -1.31. The third kappa shape index (κ3) is 6.16. The van der Waals surface area contributed by atoms with Crippen LogP contribution in [0.2, 0.25) is 0 Å². The second kappa shape index (κ2) is 13.8. The minimum absolute atomic E-state index is 0.0169. The lowest BCUT2D eigenvalue weighted by atomic mass is 10.0. The number of ether oxygens (including phenoxy) is 2. The summed E-state index contributed by atoms with van der Waals surface area (Å²) in [5, 5.41) is 38.2. The molecule has 0 radical (unpaired) electrons.